The Morgan fingerprint density at radius 3 is 2.73 bits per heavy atom. The number of nitrogens with zero attached hydrogens (tertiary/aromatic N) is 2. The first-order valence-electron chi connectivity index (χ1n) is 8.48. The van der Waals surface area contributed by atoms with Gasteiger partial charge in [0.2, 0.25) is 0 Å². The van der Waals surface area contributed by atoms with E-state index in [-0.39, 0.29) is 18.3 Å². The van der Waals surface area contributed by atoms with Gasteiger partial charge >= 0.3 is 12.0 Å². The van der Waals surface area contributed by atoms with E-state index >= 15 is 0 Å². The molecule has 142 valence electrons. The summed E-state index contributed by atoms with van der Waals surface area (Å²) in [5.74, 6) is -0.892. The zero-order chi connectivity index (χ0) is 19.3. The summed E-state index contributed by atoms with van der Waals surface area (Å²) in [4.78, 5) is 35.4. The van der Waals surface area contributed by atoms with E-state index in [1.807, 2.05) is 0 Å². The van der Waals surface area contributed by atoms with Crippen LogP contribution in [0.2, 0.25) is 0 Å². The molecule has 1 aliphatic rings. The molecule has 1 heterocycles. The Labute approximate surface area is 151 Å². The maximum atomic E-state index is 12.1. The number of nitro groups is 1. The van der Waals surface area contributed by atoms with Crippen molar-refractivity contribution < 1.29 is 19.6 Å². The summed E-state index contributed by atoms with van der Waals surface area (Å²) in [6.45, 7) is 4.91. The van der Waals surface area contributed by atoms with E-state index in [2.05, 4.69) is 10.6 Å². The SMILES string of the molecule is Cc1ccc(NCCCNC(=O)N2CCC(C)(C(=O)O)C2)c([N+](=O)[O-])c1. The second kappa shape index (κ2) is 8.03. The Hall–Kier alpha value is -2.84. The number of hydrogen-bond acceptors (Lipinski definition) is 5. The molecule has 2 amide bonds. The van der Waals surface area contributed by atoms with Crippen LogP contribution in [0.1, 0.15) is 25.3 Å². The molecule has 1 atom stereocenters. The number of aliphatic carboxylic acids is 1. The van der Waals surface area contributed by atoms with Gasteiger partial charge in [-0.25, -0.2) is 4.79 Å². The minimum atomic E-state index is -0.892. The van der Waals surface area contributed by atoms with E-state index in [9.17, 15) is 24.8 Å². The number of urea groups is 1. The van der Waals surface area contributed by atoms with Crippen LogP contribution in [-0.2, 0) is 4.79 Å². The molecule has 0 radical (unpaired) electrons. The minimum Gasteiger partial charge on any atom is -0.481 e. The van der Waals surface area contributed by atoms with Gasteiger partial charge in [0, 0.05) is 32.2 Å². The molecule has 1 aromatic carbocycles. The van der Waals surface area contributed by atoms with Crippen LogP contribution >= 0.6 is 0 Å². The van der Waals surface area contributed by atoms with Gasteiger partial charge in [-0.3, -0.25) is 14.9 Å². The molecule has 3 N–H and O–H groups in total. The van der Waals surface area contributed by atoms with Crippen molar-refractivity contribution in [2.45, 2.75) is 26.7 Å². The topological polar surface area (TPSA) is 125 Å². The molecule has 1 saturated heterocycles. The van der Waals surface area contributed by atoms with E-state index < -0.39 is 16.3 Å². The summed E-state index contributed by atoms with van der Waals surface area (Å²) in [5, 5.41) is 26.0. The van der Waals surface area contributed by atoms with Crippen molar-refractivity contribution in [3.05, 3.63) is 33.9 Å². The van der Waals surface area contributed by atoms with Crippen LogP contribution < -0.4 is 10.6 Å². The monoisotopic (exact) mass is 364 g/mol. The summed E-state index contributed by atoms with van der Waals surface area (Å²) in [6.07, 6.45) is 1.02. The highest BCUT2D eigenvalue weighted by Crippen LogP contribution is 2.30. The van der Waals surface area contributed by atoms with Crippen LogP contribution in [0.5, 0.6) is 0 Å². The van der Waals surface area contributed by atoms with Gasteiger partial charge in [0.1, 0.15) is 5.69 Å². The quantitative estimate of drug-likeness (QED) is 0.387. The molecule has 26 heavy (non-hydrogen) atoms. The summed E-state index contributed by atoms with van der Waals surface area (Å²) in [7, 11) is 0. The number of carboxylic acids is 1. The van der Waals surface area contributed by atoms with Crippen molar-refractivity contribution in [3.8, 4) is 0 Å². The number of likely N-dealkylation sites (tertiary alicyclic amines) is 1. The maximum absolute atomic E-state index is 12.1. The number of nitrogens with one attached hydrogen (secondary N) is 2. The maximum Gasteiger partial charge on any atom is 0.317 e. The predicted octanol–water partition coefficient (Wildman–Crippen LogP) is 2.21. The molecule has 9 nitrogen and oxygen atoms in total. The Bertz CT molecular complexity index is 708. The molecule has 0 aromatic heterocycles. The second-order valence-corrected chi connectivity index (χ2v) is 6.83. The van der Waals surface area contributed by atoms with Crippen molar-refractivity contribution in [2.24, 2.45) is 5.41 Å². The van der Waals surface area contributed by atoms with Crippen molar-refractivity contribution >= 4 is 23.4 Å². The molecule has 9 heteroatoms. The molecule has 0 aliphatic carbocycles. The van der Waals surface area contributed by atoms with Gasteiger partial charge in [0.05, 0.1) is 10.3 Å². The molecule has 1 fully saturated rings. The van der Waals surface area contributed by atoms with E-state index in [0.29, 0.717) is 38.2 Å². The molecular weight excluding hydrogens is 340 g/mol. The van der Waals surface area contributed by atoms with Gasteiger partial charge in [-0.15, -0.1) is 0 Å². The number of aryl methyl sites for hydroxylation is 1. The number of amides is 2. The average molecular weight is 364 g/mol. The van der Waals surface area contributed by atoms with Gasteiger partial charge in [0.25, 0.3) is 5.69 Å². The Balaban J connectivity index is 1.74. The number of carbonyl (C=O) groups excluding carboxylic acids is 1. The third kappa shape index (κ3) is 4.62. The Kier molecular flexibility index (Phi) is 6.01. The van der Waals surface area contributed by atoms with Gasteiger partial charge < -0.3 is 20.6 Å². The number of carboxylic acid groups (broad SMARTS) is 1. The van der Waals surface area contributed by atoms with Crippen LogP contribution in [0.25, 0.3) is 0 Å². The normalized spacial score (nSPS) is 19.2. The largest absolute Gasteiger partial charge is 0.481 e. The lowest BCUT2D eigenvalue weighted by Crippen LogP contribution is -2.41. The lowest BCUT2D eigenvalue weighted by Gasteiger charge is -2.20. The molecular formula is C17H24N4O5. The molecule has 0 spiro atoms. The fourth-order valence-corrected chi connectivity index (χ4v) is 2.87. The molecule has 0 saturated carbocycles. The van der Waals surface area contributed by atoms with Gasteiger partial charge in [-0.2, -0.15) is 0 Å². The lowest BCUT2D eigenvalue weighted by atomic mass is 9.90. The Morgan fingerprint density at radius 1 is 1.38 bits per heavy atom. The van der Waals surface area contributed by atoms with Crippen LogP contribution in [0.4, 0.5) is 16.2 Å². The fraction of sp³-hybridized carbons (Fsp3) is 0.529. The lowest BCUT2D eigenvalue weighted by molar-refractivity contribution is -0.384. The number of carbonyl (C=O) groups is 2. The number of rotatable bonds is 7. The average Bonchev–Trinajstić information content (AvgIpc) is 2.99. The molecule has 1 aliphatic heterocycles. The summed E-state index contributed by atoms with van der Waals surface area (Å²) >= 11 is 0. The minimum absolute atomic E-state index is 0.0269. The van der Waals surface area contributed by atoms with Crippen molar-refractivity contribution in [1.29, 1.82) is 0 Å². The highest BCUT2D eigenvalue weighted by atomic mass is 16.6. The number of nitro benzene ring substituents is 1. The smallest absolute Gasteiger partial charge is 0.317 e. The third-order valence-electron chi connectivity index (χ3n) is 4.57. The second-order valence-electron chi connectivity index (χ2n) is 6.83. The fourth-order valence-electron chi connectivity index (χ4n) is 2.87. The number of anilines is 1. The first-order chi connectivity index (χ1) is 12.2. The van der Waals surface area contributed by atoms with E-state index in [4.69, 9.17) is 0 Å². The third-order valence-corrected chi connectivity index (χ3v) is 4.57. The summed E-state index contributed by atoms with van der Waals surface area (Å²) in [6, 6.07) is 4.69. The first-order valence-corrected chi connectivity index (χ1v) is 8.48. The number of benzene rings is 1. The van der Waals surface area contributed by atoms with Crippen LogP contribution in [-0.4, -0.2) is 53.1 Å². The van der Waals surface area contributed by atoms with E-state index in [0.717, 1.165) is 5.56 Å². The zero-order valence-corrected chi connectivity index (χ0v) is 14.9. The molecule has 1 unspecified atom stereocenters. The molecule has 0 bridgehead atoms. The van der Waals surface area contributed by atoms with Crippen LogP contribution in [0.15, 0.2) is 18.2 Å². The highest BCUT2D eigenvalue weighted by Gasteiger charge is 2.42. The Morgan fingerprint density at radius 2 is 2.12 bits per heavy atom. The van der Waals surface area contributed by atoms with Crippen LogP contribution in [0, 0.1) is 22.5 Å². The summed E-state index contributed by atoms with van der Waals surface area (Å²) < 4.78 is 0. The number of hydrogen-bond donors (Lipinski definition) is 3. The highest BCUT2D eigenvalue weighted by molar-refractivity contribution is 5.79. The summed E-state index contributed by atoms with van der Waals surface area (Å²) in [5.41, 5.74) is 0.403. The van der Waals surface area contributed by atoms with Crippen molar-refractivity contribution in [1.82, 2.24) is 10.2 Å². The predicted molar refractivity (Wildman–Crippen MR) is 96.3 cm³/mol. The molecule has 1 aromatic rings. The van der Waals surface area contributed by atoms with Gasteiger partial charge in [-0.05, 0) is 38.3 Å². The first kappa shape index (κ1) is 19.5. The van der Waals surface area contributed by atoms with E-state index in [1.165, 1.54) is 11.0 Å². The van der Waals surface area contributed by atoms with Gasteiger partial charge in [0.15, 0.2) is 0 Å². The molecule has 2 rings (SSSR count). The zero-order valence-electron chi connectivity index (χ0n) is 14.9. The van der Waals surface area contributed by atoms with Gasteiger partial charge in [-0.1, -0.05) is 6.07 Å². The standard InChI is InChI=1S/C17H24N4O5/c1-12-4-5-13(14(10-12)21(25)26)18-7-3-8-19-16(24)20-9-6-17(2,11-20)15(22)23/h4-5,10,18H,3,6-9,11H2,1-2H3,(H,19,24)(H,22,23). The van der Waals surface area contributed by atoms with Crippen molar-refractivity contribution in [2.75, 3.05) is 31.5 Å². The van der Waals surface area contributed by atoms with Crippen LogP contribution in [0.3, 0.4) is 0 Å². The van der Waals surface area contributed by atoms with Crippen molar-refractivity contribution in [3.63, 3.8) is 0 Å². The van der Waals surface area contributed by atoms with E-state index in [1.54, 1.807) is 26.0 Å².